The van der Waals surface area contributed by atoms with Crippen LogP contribution in [-0.2, 0) is 20.5 Å². The lowest BCUT2D eigenvalue weighted by molar-refractivity contribution is -0.138. The van der Waals surface area contributed by atoms with Crippen molar-refractivity contribution in [3.05, 3.63) is 35.0 Å². The molecule has 0 spiro atoms. The fourth-order valence-electron chi connectivity index (χ4n) is 2.69. The maximum absolute atomic E-state index is 13.1. The van der Waals surface area contributed by atoms with E-state index < -0.39 is 23.6 Å². The summed E-state index contributed by atoms with van der Waals surface area (Å²) in [6.45, 7) is -0.446. The number of methoxy groups -OCH3 is 1. The third-order valence-electron chi connectivity index (χ3n) is 4.02. The summed E-state index contributed by atoms with van der Waals surface area (Å²) in [6.07, 6.45) is -4.57. The summed E-state index contributed by atoms with van der Waals surface area (Å²) in [6, 6.07) is 3.08. The number of carbonyl (C=O) groups is 2. The van der Waals surface area contributed by atoms with Crippen molar-refractivity contribution in [2.75, 3.05) is 51.1 Å². The number of benzene rings is 1. The quantitative estimate of drug-likeness (QED) is 0.719. The van der Waals surface area contributed by atoms with Gasteiger partial charge in [-0.2, -0.15) is 13.2 Å². The van der Waals surface area contributed by atoms with Crippen LogP contribution in [0, 0.1) is 0 Å². The zero-order chi connectivity index (χ0) is 20.4. The first-order valence-corrected chi connectivity index (χ1v) is 7.97. The molecule has 148 valence electrons. The zero-order valence-electron chi connectivity index (χ0n) is 15.1. The van der Waals surface area contributed by atoms with Gasteiger partial charge in [0.1, 0.15) is 5.70 Å². The number of alkyl halides is 3. The van der Waals surface area contributed by atoms with E-state index in [1.165, 1.54) is 11.0 Å². The van der Waals surface area contributed by atoms with E-state index in [0.717, 1.165) is 19.2 Å². The molecule has 1 aliphatic heterocycles. The molecule has 1 heterocycles. The molecule has 1 aromatic rings. The molecule has 27 heavy (non-hydrogen) atoms. The summed E-state index contributed by atoms with van der Waals surface area (Å²) in [5.74, 6) is -1.38. The number of anilines is 2. The Labute approximate surface area is 154 Å². The second-order valence-electron chi connectivity index (χ2n) is 6.04. The van der Waals surface area contributed by atoms with Crippen LogP contribution in [0.5, 0.6) is 0 Å². The van der Waals surface area contributed by atoms with E-state index in [0.29, 0.717) is 5.69 Å². The summed E-state index contributed by atoms with van der Waals surface area (Å²) < 4.78 is 43.9. The summed E-state index contributed by atoms with van der Waals surface area (Å²) in [5.41, 5.74) is -0.664. The Kier molecular flexibility index (Phi) is 5.99. The number of hydrogen-bond acceptors (Lipinski definition) is 6. The Bertz CT molecular complexity index is 775. The average Bonchev–Trinajstić information content (AvgIpc) is 2.90. The van der Waals surface area contributed by atoms with Gasteiger partial charge < -0.3 is 25.0 Å². The van der Waals surface area contributed by atoms with Crippen LogP contribution in [0.2, 0.25) is 0 Å². The predicted molar refractivity (Wildman–Crippen MR) is 92.1 cm³/mol. The molecule has 0 fully saturated rings. The van der Waals surface area contributed by atoms with Crippen molar-refractivity contribution < 1.29 is 32.6 Å². The molecule has 1 aliphatic rings. The number of esters is 1. The SMILES string of the molecule is COC(=O)C1=C(Nc2cc(C(F)(F)F)ccc2N(C)C)C(=O)N(CCO)C1. The normalized spacial score (nSPS) is 14.6. The van der Waals surface area contributed by atoms with Crippen LogP contribution in [-0.4, -0.2) is 62.8 Å². The van der Waals surface area contributed by atoms with Gasteiger partial charge in [0.15, 0.2) is 0 Å². The van der Waals surface area contributed by atoms with E-state index >= 15 is 0 Å². The summed E-state index contributed by atoms with van der Waals surface area (Å²) in [4.78, 5) is 27.3. The van der Waals surface area contributed by atoms with E-state index in [-0.39, 0.29) is 36.7 Å². The molecule has 0 saturated heterocycles. The molecule has 0 aromatic heterocycles. The van der Waals surface area contributed by atoms with Crippen LogP contribution >= 0.6 is 0 Å². The van der Waals surface area contributed by atoms with Gasteiger partial charge in [0.2, 0.25) is 0 Å². The highest BCUT2D eigenvalue weighted by Gasteiger charge is 2.36. The van der Waals surface area contributed by atoms with Crippen molar-refractivity contribution in [2.24, 2.45) is 0 Å². The number of halogens is 3. The van der Waals surface area contributed by atoms with Crippen LogP contribution in [0.25, 0.3) is 0 Å². The first-order valence-electron chi connectivity index (χ1n) is 7.97. The second kappa shape index (κ2) is 7.87. The third-order valence-corrected chi connectivity index (χ3v) is 4.02. The molecular formula is C17H20F3N3O4. The first-order chi connectivity index (χ1) is 12.6. The zero-order valence-corrected chi connectivity index (χ0v) is 15.1. The first kappa shape index (κ1) is 20.6. The van der Waals surface area contributed by atoms with Crippen molar-refractivity contribution in [2.45, 2.75) is 6.18 Å². The summed E-state index contributed by atoms with van der Waals surface area (Å²) >= 11 is 0. The van der Waals surface area contributed by atoms with Gasteiger partial charge in [-0.25, -0.2) is 4.79 Å². The smallest absolute Gasteiger partial charge is 0.416 e. The monoisotopic (exact) mass is 387 g/mol. The molecule has 0 unspecified atom stereocenters. The van der Waals surface area contributed by atoms with E-state index in [1.807, 2.05) is 0 Å². The number of nitrogens with zero attached hydrogens (tertiary/aromatic N) is 2. The van der Waals surface area contributed by atoms with Gasteiger partial charge in [-0.1, -0.05) is 0 Å². The Hall–Kier alpha value is -2.75. The number of β-amino-alcohol motifs (C(OH)–C–C–N with tert-alkyl or cyclic N) is 1. The van der Waals surface area contributed by atoms with Gasteiger partial charge in [-0.05, 0) is 18.2 Å². The van der Waals surface area contributed by atoms with Gasteiger partial charge in [0.25, 0.3) is 5.91 Å². The molecular weight excluding hydrogens is 367 g/mol. The Balaban J connectivity index is 2.51. The molecule has 10 heteroatoms. The molecule has 0 aliphatic carbocycles. The predicted octanol–water partition coefficient (Wildman–Crippen LogP) is 1.44. The molecule has 2 rings (SSSR count). The van der Waals surface area contributed by atoms with Crippen LogP contribution in [0.4, 0.5) is 24.5 Å². The molecule has 0 saturated carbocycles. The van der Waals surface area contributed by atoms with Gasteiger partial charge in [-0.15, -0.1) is 0 Å². The van der Waals surface area contributed by atoms with Crippen molar-refractivity contribution in [1.29, 1.82) is 0 Å². The third kappa shape index (κ3) is 4.33. The molecule has 1 aromatic carbocycles. The van der Waals surface area contributed by atoms with Crippen molar-refractivity contribution in [3.8, 4) is 0 Å². The number of ether oxygens (including phenoxy) is 1. The highest BCUT2D eigenvalue weighted by atomic mass is 19.4. The lowest BCUT2D eigenvalue weighted by Crippen LogP contribution is -2.31. The molecule has 0 radical (unpaired) electrons. The minimum atomic E-state index is -4.57. The van der Waals surface area contributed by atoms with Crippen LogP contribution in [0.3, 0.4) is 0 Å². The fraction of sp³-hybridized carbons (Fsp3) is 0.412. The minimum absolute atomic E-state index is 0.0157. The average molecular weight is 387 g/mol. The standard InChI is InChI=1S/C17H20F3N3O4/c1-22(2)13-5-4-10(17(18,19)20)8-12(13)21-14-11(16(26)27-3)9-23(6-7-24)15(14)25/h4-5,8,21,24H,6-7,9H2,1-3H3. The highest BCUT2D eigenvalue weighted by molar-refractivity contribution is 6.09. The Morgan fingerprint density at radius 1 is 1.37 bits per heavy atom. The van der Waals surface area contributed by atoms with E-state index in [4.69, 9.17) is 5.11 Å². The van der Waals surface area contributed by atoms with E-state index in [1.54, 1.807) is 19.0 Å². The number of rotatable bonds is 6. The lowest BCUT2D eigenvalue weighted by atomic mass is 10.1. The molecule has 0 bridgehead atoms. The van der Waals surface area contributed by atoms with Crippen molar-refractivity contribution in [1.82, 2.24) is 4.90 Å². The summed E-state index contributed by atoms with van der Waals surface area (Å²) in [5, 5.41) is 11.7. The number of aliphatic hydroxyl groups excluding tert-OH is 1. The van der Waals surface area contributed by atoms with Crippen LogP contribution in [0.1, 0.15) is 5.56 Å². The lowest BCUT2D eigenvalue weighted by Gasteiger charge is -2.21. The Morgan fingerprint density at radius 3 is 2.56 bits per heavy atom. The molecule has 1 amide bonds. The number of hydrogen-bond donors (Lipinski definition) is 2. The maximum Gasteiger partial charge on any atom is 0.416 e. The summed E-state index contributed by atoms with van der Waals surface area (Å²) in [7, 11) is 4.41. The van der Waals surface area contributed by atoms with Gasteiger partial charge in [0, 0.05) is 20.6 Å². The van der Waals surface area contributed by atoms with Gasteiger partial charge in [-0.3, -0.25) is 4.79 Å². The molecule has 0 atom stereocenters. The molecule has 2 N–H and O–H groups in total. The van der Waals surface area contributed by atoms with Gasteiger partial charge in [0.05, 0.1) is 42.8 Å². The number of carbonyl (C=O) groups excluding carboxylic acids is 2. The van der Waals surface area contributed by atoms with Crippen LogP contribution in [0.15, 0.2) is 29.5 Å². The maximum atomic E-state index is 13.1. The van der Waals surface area contributed by atoms with Gasteiger partial charge >= 0.3 is 12.1 Å². The van der Waals surface area contributed by atoms with Crippen molar-refractivity contribution >= 4 is 23.3 Å². The molecule has 7 nitrogen and oxygen atoms in total. The van der Waals surface area contributed by atoms with Crippen LogP contribution < -0.4 is 10.2 Å². The number of nitrogens with one attached hydrogen (secondary N) is 1. The fourth-order valence-corrected chi connectivity index (χ4v) is 2.69. The number of amides is 1. The van der Waals surface area contributed by atoms with E-state index in [2.05, 4.69) is 10.1 Å². The largest absolute Gasteiger partial charge is 0.466 e. The second-order valence-corrected chi connectivity index (χ2v) is 6.04. The highest BCUT2D eigenvalue weighted by Crippen LogP contribution is 2.36. The topological polar surface area (TPSA) is 82.1 Å². The number of aliphatic hydroxyl groups is 1. The minimum Gasteiger partial charge on any atom is -0.466 e. The Morgan fingerprint density at radius 2 is 2.04 bits per heavy atom. The van der Waals surface area contributed by atoms with E-state index in [9.17, 15) is 22.8 Å². The van der Waals surface area contributed by atoms with Crippen molar-refractivity contribution in [3.63, 3.8) is 0 Å².